The Balaban J connectivity index is 1.62. The zero-order chi connectivity index (χ0) is 29.3. The van der Waals surface area contributed by atoms with Crippen LogP contribution in [-0.2, 0) is 16.3 Å². The Hall–Kier alpha value is -4.35. The summed E-state index contributed by atoms with van der Waals surface area (Å²) in [5.41, 5.74) is 15.0. The van der Waals surface area contributed by atoms with E-state index in [4.69, 9.17) is 5.73 Å². The van der Waals surface area contributed by atoms with Gasteiger partial charge in [-0.25, -0.2) is 0 Å². The van der Waals surface area contributed by atoms with Crippen molar-refractivity contribution in [2.75, 3.05) is 4.90 Å². The van der Waals surface area contributed by atoms with E-state index in [1.54, 1.807) is 11.0 Å². The third-order valence-electron chi connectivity index (χ3n) is 7.94. The molecule has 0 saturated carbocycles. The fourth-order valence-electron chi connectivity index (χ4n) is 5.89. The van der Waals surface area contributed by atoms with Crippen LogP contribution in [0.2, 0.25) is 0 Å². The predicted octanol–water partition coefficient (Wildman–Crippen LogP) is 7.26. The molecule has 2 N–H and O–H groups in total. The molecular formula is C33H32N4O3S. The number of nitro benzene ring substituents is 1. The van der Waals surface area contributed by atoms with Crippen molar-refractivity contribution < 1.29 is 9.72 Å². The quantitative estimate of drug-likeness (QED) is 0.237. The largest absolute Gasteiger partial charge is 0.384 e. The van der Waals surface area contributed by atoms with Crippen molar-refractivity contribution >= 4 is 28.9 Å². The zero-order valence-corrected chi connectivity index (χ0v) is 24.3. The van der Waals surface area contributed by atoms with Gasteiger partial charge in [-0.3, -0.25) is 19.8 Å². The Morgan fingerprint density at radius 1 is 1.07 bits per heavy atom. The number of nitrogens with two attached hydrogens (primary N) is 1. The molecule has 2 aliphatic rings. The van der Waals surface area contributed by atoms with Gasteiger partial charge in [0, 0.05) is 41.3 Å². The van der Waals surface area contributed by atoms with E-state index < -0.39 is 10.8 Å². The number of nitrogens with zero attached hydrogens (tertiary/aromatic N) is 3. The van der Waals surface area contributed by atoms with E-state index in [2.05, 4.69) is 37.3 Å². The van der Waals surface area contributed by atoms with E-state index in [9.17, 15) is 20.2 Å². The number of non-ortho nitro benzene ring substituents is 1. The standard InChI is InChI=1S/C33H32N4O3S/c1-20-14-24(19-41-18-23-8-5-4-6-9-23)22(3)26(15-20)31-27(17-34)33(35)36(28-10-7-11-30(38)32(28)31)29-16-25(37(39)40)13-12-21(29)2/h4-6,8-9,12-16,31H,7,10-11,18-19,35H2,1-3H3. The second-order valence-electron chi connectivity index (χ2n) is 10.7. The minimum Gasteiger partial charge on any atom is -0.384 e. The number of carbonyl (C=O) groups is 1. The lowest BCUT2D eigenvalue weighted by Gasteiger charge is -2.40. The Labute approximate surface area is 244 Å². The van der Waals surface area contributed by atoms with E-state index in [1.807, 2.05) is 43.8 Å². The normalized spacial score (nSPS) is 17.0. The lowest BCUT2D eigenvalue weighted by molar-refractivity contribution is -0.384. The minimum absolute atomic E-state index is 0.00880. The van der Waals surface area contributed by atoms with Crippen molar-refractivity contribution in [1.82, 2.24) is 0 Å². The Morgan fingerprint density at radius 3 is 2.54 bits per heavy atom. The molecule has 0 radical (unpaired) electrons. The first-order valence-corrected chi connectivity index (χ1v) is 14.8. The molecule has 1 aliphatic heterocycles. The summed E-state index contributed by atoms with van der Waals surface area (Å²) >= 11 is 1.83. The van der Waals surface area contributed by atoms with Gasteiger partial charge in [0.05, 0.1) is 28.2 Å². The molecule has 41 heavy (non-hydrogen) atoms. The summed E-state index contributed by atoms with van der Waals surface area (Å²) in [6.45, 7) is 5.94. The van der Waals surface area contributed by atoms with Gasteiger partial charge in [0.2, 0.25) is 0 Å². The summed E-state index contributed by atoms with van der Waals surface area (Å²) < 4.78 is 0. The van der Waals surface area contributed by atoms with E-state index in [-0.39, 0.29) is 17.3 Å². The first-order valence-electron chi connectivity index (χ1n) is 13.6. The molecule has 1 heterocycles. The second kappa shape index (κ2) is 11.6. The number of carbonyl (C=O) groups excluding carboxylic acids is 1. The van der Waals surface area contributed by atoms with Crippen molar-refractivity contribution in [2.24, 2.45) is 5.73 Å². The molecule has 0 saturated heterocycles. The molecule has 3 aromatic carbocycles. The van der Waals surface area contributed by atoms with Crippen LogP contribution in [0.5, 0.6) is 0 Å². The van der Waals surface area contributed by atoms with Crippen molar-refractivity contribution in [3.63, 3.8) is 0 Å². The van der Waals surface area contributed by atoms with Gasteiger partial charge in [0.25, 0.3) is 5.69 Å². The summed E-state index contributed by atoms with van der Waals surface area (Å²) in [5.74, 6) is 1.30. The smallest absolute Gasteiger partial charge is 0.271 e. The van der Waals surface area contributed by atoms with Gasteiger partial charge in [0.1, 0.15) is 5.82 Å². The van der Waals surface area contributed by atoms with Crippen molar-refractivity contribution in [1.29, 1.82) is 5.26 Å². The Kier molecular flexibility index (Phi) is 8.00. The highest BCUT2D eigenvalue weighted by Gasteiger charge is 2.41. The highest BCUT2D eigenvalue weighted by molar-refractivity contribution is 7.97. The summed E-state index contributed by atoms with van der Waals surface area (Å²) in [5, 5.41) is 22.1. The molecule has 7 nitrogen and oxygen atoms in total. The molecular weight excluding hydrogens is 532 g/mol. The molecule has 1 aliphatic carbocycles. The first-order chi connectivity index (χ1) is 19.7. The highest BCUT2D eigenvalue weighted by atomic mass is 32.2. The van der Waals surface area contributed by atoms with Crippen LogP contribution in [0.3, 0.4) is 0 Å². The average Bonchev–Trinajstić information content (AvgIpc) is 2.95. The molecule has 0 amide bonds. The van der Waals surface area contributed by atoms with E-state index >= 15 is 0 Å². The monoisotopic (exact) mass is 564 g/mol. The lowest BCUT2D eigenvalue weighted by Crippen LogP contribution is -2.39. The molecule has 0 bridgehead atoms. The number of ketones is 1. The van der Waals surface area contributed by atoms with Crippen LogP contribution in [-0.4, -0.2) is 10.7 Å². The number of hydrogen-bond acceptors (Lipinski definition) is 7. The molecule has 0 spiro atoms. The van der Waals surface area contributed by atoms with Gasteiger partial charge >= 0.3 is 0 Å². The van der Waals surface area contributed by atoms with Crippen molar-refractivity contribution in [2.45, 2.75) is 57.5 Å². The number of aryl methyl sites for hydroxylation is 2. The number of rotatable bonds is 7. The average molecular weight is 565 g/mol. The molecule has 208 valence electrons. The fraction of sp³-hybridized carbons (Fsp3) is 0.273. The van der Waals surface area contributed by atoms with Crippen molar-refractivity contribution in [3.8, 4) is 6.07 Å². The molecule has 3 aromatic rings. The van der Waals surface area contributed by atoms with Crippen molar-refractivity contribution in [3.05, 3.63) is 127 Å². The van der Waals surface area contributed by atoms with Crippen LogP contribution in [0.4, 0.5) is 11.4 Å². The highest BCUT2D eigenvalue weighted by Crippen LogP contribution is 2.48. The van der Waals surface area contributed by atoms with E-state index in [0.29, 0.717) is 36.1 Å². The molecule has 0 aromatic heterocycles. The van der Waals surface area contributed by atoms with Crippen LogP contribution in [0.25, 0.3) is 0 Å². The third kappa shape index (κ3) is 5.38. The molecule has 1 unspecified atom stereocenters. The van der Waals surface area contributed by atoms with E-state index in [1.165, 1.54) is 23.3 Å². The maximum Gasteiger partial charge on any atom is 0.271 e. The molecule has 5 rings (SSSR count). The fourth-order valence-corrected chi connectivity index (χ4v) is 6.94. The Bertz CT molecular complexity index is 1650. The van der Waals surface area contributed by atoms with Crippen LogP contribution in [0.1, 0.15) is 58.6 Å². The van der Waals surface area contributed by atoms with Crippen LogP contribution < -0.4 is 10.6 Å². The number of Topliss-reactive ketones (excluding diaryl/α,β-unsaturated/α-hetero) is 1. The summed E-state index contributed by atoms with van der Waals surface area (Å²) in [6, 6.07) is 21.5. The first kappa shape index (κ1) is 28.2. The van der Waals surface area contributed by atoms with Gasteiger partial charge in [-0.1, -0.05) is 54.1 Å². The lowest BCUT2D eigenvalue weighted by atomic mass is 9.73. The SMILES string of the molecule is Cc1cc(CSCc2ccccc2)c(C)c(C2C(C#N)=C(N)N(c3cc([N+](=O)[O-])ccc3C)C3=C2C(=O)CCC3)c1. The molecule has 1 atom stereocenters. The second-order valence-corrected chi connectivity index (χ2v) is 11.6. The van der Waals surface area contributed by atoms with Gasteiger partial charge in [-0.15, -0.1) is 0 Å². The maximum absolute atomic E-state index is 13.7. The summed E-state index contributed by atoms with van der Waals surface area (Å²) in [6.07, 6.45) is 1.63. The zero-order valence-electron chi connectivity index (χ0n) is 23.4. The molecule has 8 heteroatoms. The molecule has 0 fully saturated rings. The number of nitro groups is 1. The van der Waals surface area contributed by atoms with Gasteiger partial charge in [-0.05, 0) is 61.4 Å². The van der Waals surface area contributed by atoms with Gasteiger partial charge in [0.15, 0.2) is 5.78 Å². The van der Waals surface area contributed by atoms with Crippen LogP contribution in [0.15, 0.2) is 83.3 Å². The number of thioether (sulfide) groups is 1. The van der Waals surface area contributed by atoms with Gasteiger partial charge in [-0.2, -0.15) is 17.0 Å². The number of anilines is 1. The minimum atomic E-state index is -0.587. The summed E-state index contributed by atoms with van der Waals surface area (Å²) in [7, 11) is 0. The topological polar surface area (TPSA) is 113 Å². The maximum atomic E-state index is 13.7. The number of nitriles is 1. The van der Waals surface area contributed by atoms with Crippen LogP contribution >= 0.6 is 11.8 Å². The summed E-state index contributed by atoms with van der Waals surface area (Å²) in [4.78, 5) is 26.5. The third-order valence-corrected chi connectivity index (χ3v) is 8.99. The Morgan fingerprint density at radius 2 is 1.83 bits per heavy atom. The van der Waals surface area contributed by atoms with E-state index in [0.717, 1.165) is 39.5 Å². The number of allylic oxidation sites excluding steroid dienone is 3. The van der Waals surface area contributed by atoms with Crippen LogP contribution in [0, 0.1) is 42.2 Å². The number of benzene rings is 3. The predicted molar refractivity (Wildman–Crippen MR) is 163 cm³/mol. The van der Waals surface area contributed by atoms with Gasteiger partial charge < -0.3 is 5.73 Å². The number of hydrogen-bond donors (Lipinski definition) is 1.